The van der Waals surface area contributed by atoms with Crippen LogP contribution in [0, 0.1) is 0 Å². The van der Waals surface area contributed by atoms with Crippen LogP contribution in [0.25, 0.3) is 0 Å². The van der Waals surface area contributed by atoms with Gasteiger partial charge in [0.2, 0.25) is 0 Å². The number of thiazole rings is 1. The molecular formula is C10H16ClN3S. The van der Waals surface area contributed by atoms with Gasteiger partial charge in [-0.25, -0.2) is 4.98 Å². The molecule has 1 unspecified atom stereocenters. The number of hydrogen-bond acceptors (Lipinski definition) is 4. The highest BCUT2D eigenvalue weighted by atomic mass is 35.5. The molecule has 1 N–H and O–H groups in total. The molecule has 1 aromatic rings. The van der Waals surface area contributed by atoms with Gasteiger partial charge in [-0.15, -0.1) is 11.3 Å². The van der Waals surface area contributed by atoms with Gasteiger partial charge >= 0.3 is 0 Å². The summed E-state index contributed by atoms with van der Waals surface area (Å²) in [6.07, 6.45) is 4.44. The van der Waals surface area contributed by atoms with Crippen molar-refractivity contribution in [2.75, 3.05) is 20.1 Å². The Balaban J connectivity index is 1.88. The van der Waals surface area contributed by atoms with Crippen molar-refractivity contribution in [3.63, 3.8) is 0 Å². The Kier molecular flexibility index (Phi) is 3.97. The molecule has 0 aromatic carbocycles. The first-order valence-electron chi connectivity index (χ1n) is 5.27. The maximum atomic E-state index is 5.81. The molecule has 0 bridgehead atoms. The molecule has 0 spiro atoms. The van der Waals surface area contributed by atoms with Gasteiger partial charge < -0.3 is 5.32 Å². The van der Waals surface area contributed by atoms with Gasteiger partial charge in [0.1, 0.15) is 0 Å². The van der Waals surface area contributed by atoms with E-state index in [0.29, 0.717) is 10.5 Å². The van der Waals surface area contributed by atoms with Crippen LogP contribution in [0.15, 0.2) is 6.20 Å². The lowest BCUT2D eigenvalue weighted by molar-refractivity contribution is 0.197. The zero-order valence-electron chi connectivity index (χ0n) is 8.87. The molecule has 3 nitrogen and oxygen atoms in total. The van der Waals surface area contributed by atoms with Crippen molar-refractivity contribution in [3.05, 3.63) is 15.5 Å². The van der Waals surface area contributed by atoms with Gasteiger partial charge in [-0.1, -0.05) is 11.6 Å². The zero-order valence-corrected chi connectivity index (χ0v) is 10.4. The monoisotopic (exact) mass is 245 g/mol. The van der Waals surface area contributed by atoms with Crippen LogP contribution in [-0.4, -0.2) is 36.1 Å². The fourth-order valence-electron chi connectivity index (χ4n) is 1.94. The van der Waals surface area contributed by atoms with E-state index in [-0.39, 0.29) is 0 Å². The van der Waals surface area contributed by atoms with E-state index in [9.17, 15) is 0 Å². The predicted octanol–water partition coefficient (Wildman–Crippen LogP) is 1.98. The quantitative estimate of drug-likeness (QED) is 0.883. The second-order valence-corrected chi connectivity index (χ2v) is 5.69. The summed E-state index contributed by atoms with van der Waals surface area (Å²) in [7, 11) is 2.17. The maximum Gasteiger partial charge on any atom is 0.183 e. The average Bonchev–Trinajstić information content (AvgIpc) is 2.65. The summed E-state index contributed by atoms with van der Waals surface area (Å²) >= 11 is 7.38. The third kappa shape index (κ3) is 3.14. The minimum absolute atomic E-state index is 0.639. The van der Waals surface area contributed by atoms with Crippen molar-refractivity contribution in [2.45, 2.75) is 25.4 Å². The molecule has 5 heteroatoms. The molecule has 1 atom stereocenters. The van der Waals surface area contributed by atoms with E-state index in [1.807, 2.05) is 6.20 Å². The van der Waals surface area contributed by atoms with Crippen LogP contribution in [0.3, 0.4) is 0 Å². The lowest BCUT2D eigenvalue weighted by Gasteiger charge is -2.31. The van der Waals surface area contributed by atoms with E-state index >= 15 is 0 Å². The summed E-state index contributed by atoms with van der Waals surface area (Å²) in [5, 5.41) is 3.43. The third-order valence-corrected chi connectivity index (χ3v) is 3.92. The first-order valence-corrected chi connectivity index (χ1v) is 6.46. The lowest BCUT2D eigenvalue weighted by Crippen LogP contribution is -2.43. The predicted molar refractivity (Wildman–Crippen MR) is 64.5 cm³/mol. The molecule has 0 aliphatic carbocycles. The maximum absolute atomic E-state index is 5.81. The number of hydrogen-bond donors (Lipinski definition) is 1. The Bertz CT molecular complexity index is 309. The molecule has 84 valence electrons. The molecule has 1 aliphatic rings. The molecular weight excluding hydrogens is 230 g/mol. The normalized spacial score (nSPS) is 22.2. The molecule has 0 radical (unpaired) electrons. The van der Waals surface area contributed by atoms with Gasteiger partial charge in [0, 0.05) is 30.2 Å². The van der Waals surface area contributed by atoms with Crippen molar-refractivity contribution in [2.24, 2.45) is 0 Å². The highest BCUT2D eigenvalue weighted by molar-refractivity contribution is 7.15. The summed E-state index contributed by atoms with van der Waals surface area (Å²) in [5.41, 5.74) is 0. The topological polar surface area (TPSA) is 28.2 Å². The average molecular weight is 246 g/mol. The third-order valence-electron chi connectivity index (χ3n) is 2.82. The molecule has 15 heavy (non-hydrogen) atoms. The number of halogens is 1. The van der Waals surface area contributed by atoms with Crippen LogP contribution in [0.2, 0.25) is 4.47 Å². The van der Waals surface area contributed by atoms with E-state index in [4.69, 9.17) is 11.6 Å². The van der Waals surface area contributed by atoms with E-state index < -0.39 is 0 Å². The van der Waals surface area contributed by atoms with Gasteiger partial charge in [-0.3, -0.25) is 4.90 Å². The first kappa shape index (κ1) is 11.3. The SMILES string of the molecule is CN(Cc1cnc(Cl)s1)C1CCCNC1. The minimum atomic E-state index is 0.639. The molecule has 2 rings (SSSR count). The highest BCUT2D eigenvalue weighted by Crippen LogP contribution is 2.20. The first-order chi connectivity index (χ1) is 7.25. The summed E-state index contributed by atoms with van der Waals surface area (Å²) in [6, 6.07) is 0.652. The van der Waals surface area contributed by atoms with Crippen molar-refractivity contribution < 1.29 is 0 Å². The van der Waals surface area contributed by atoms with Crippen LogP contribution in [0.1, 0.15) is 17.7 Å². The van der Waals surface area contributed by atoms with E-state index in [0.717, 1.165) is 19.6 Å². The summed E-state index contributed by atoms with van der Waals surface area (Å²) in [4.78, 5) is 7.68. The fraction of sp³-hybridized carbons (Fsp3) is 0.700. The minimum Gasteiger partial charge on any atom is -0.315 e. The van der Waals surface area contributed by atoms with Gasteiger partial charge in [0.15, 0.2) is 4.47 Å². The Hall–Kier alpha value is -0.160. The molecule has 0 amide bonds. The summed E-state index contributed by atoms with van der Waals surface area (Å²) < 4.78 is 0.639. The second kappa shape index (κ2) is 5.25. The largest absolute Gasteiger partial charge is 0.315 e. The molecule has 1 saturated heterocycles. The Labute approximate surface area is 99.5 Å². The molecule has 0 saturated carbocycles. The second-order valence-electron chi connectivity index (χ2n) is 3.99. The smallest absolute Gasteiger partial charge is 0.183 e. The van der Waals surface area contributed by atoms with Crippen molar-refractivity contribution in [1.82, 2.24) is 15.2 Å². The summed E-state index contributed by atoms with van der Waals surface area (Å²) in [5.74, 6) is 0. The Morgan fingerprint density at radius 2 is 2.60 bits per heavy atom. The van der Waals surface area contributed by atoms with Gasteiger partial charge in [0.25, 0.3) is 0 Å². The van der Waals surface area contributed by atoms with Gasteiger partial charge in [0.05, 0.1) is 0 Å². The number of aromatic nitrogens is 1. The molecule has 1 aliphatic heterocycles. The Morgan fingerprint density at radius 3 is 3.20 bits per heavy atom. The van der Waals surface area contributed by atoms with Crippen molar-refractivity contribution in [3.8, 4) is 0 Å². The Morgan fingerprint density at radius 1 is 1.73 bits per heavy atom. The van der Waals surface area contributed by atoms with Gasteiger partial charge in [-0.05, 0) is 26.4 Å². The fourth-order valence-corrected chi connectivity index (χ4v) is 2.98. The number of piperidine rings is 1. The van der Waals surface area contributed by atoms with Crippen molar-refractivity contribution in [1.29, 1.82) is 0 Å². The highest BCUT2D eigenvalue weighted by Gasteiger charge is 2.18. The van der Waals surface area contributed by atoms with E-state index in [1.165, 1.54) is 17.7 Å². The van der Waals surface area contributed by atoms with Crippen LogP contribution >= 0.6 is 22.9 Å². The number of rotatable bonds is 3. The van der Waals surface area contributed by atoms with Crippen molar-refractivity contribution >= 4 is 22.9 Å². The summed E-state index contributed by atoms with van der Waals surface area (Å²) in [6.45, 7) is 3.22. The van der Waals surface area contributed by atoms with E-state index in [2.05, 4.69) is 22.2 Å². The standard InChI is InChI=1S/C10H16ClN3S/c1-14(8-3-2-4-12-5-8)7-9-6-13-10(11)15-9/h6,8,12H,2-5,7H2,1H3. The van der Waals surface area contributed by atoms with Crippen LogP contribution in [0.4, 0.5) is 0 Å². The molecule has 1 fully saturated rings. The van der Waals surface area contributed by atoms with Gasteiger partial charge in [-0.2, -0.15) is 0 Å². The molecule has 2 heterocycles. The van der Waals surface area contributed by atoms with Crippen LogP contribution in [-0.2, 0) is 6.54 Å². The number of nitrogens with one attached hydrogen (secondary N) is 1. The van der Waals surface area contributed by atoms with E-state index in [1.54, 1.807) is 11.3 Å². The van der Waals surface area contributed by atoms with Crippen LogP contribution < -0.4 is 5.32 Å². The number of nitrogens with zero attached hydrogens (tertiary/aromatic N) is 2. The number of likely N-dealkylation sites (N-methyl/N-ethyl adjacent to an activating group) is 1. The zero-order chi connectivity index (χ0) is 10.7. The van der Waals surface area contributed by atoms with Crippen LogP contribution in [0.5, 0.6) is 0 Å². The molecule has 1 aromatic heterocycles. The lowest BCUT2D eigenvalue weighted by atomic mass is 10.1.